The number of hydrogen-bond acceptors (Lipinski definition) is 4. The number of carbonyl (C=O) groups is 1. The molecule has 2 fully saturated rings. The Kier molecular flexibility index (Phi) is 4.52. The van der Waals surface area contributed by atoms with Crippen molar-refractivity contribution in [2.24, 2.45) is 5.92 Å². The topological polar surface area (TPSA) is 48.0 Å². The molecule has 5 heteroatoms. The summed E-state index contributed by atoms with van der Waals surface area (Å²) in [7, 11) is 1.59. The van der Waals surface area contributed by atoms with Crippen molar-refractivity contribution >= 4 is 5.91 Å². The van der Waals surface area contributed by atoms with Crippen LogP contribution in [0, 0.1) is 5.92 Å². The molecule has 0 bridgehead atoms. The minimum Gasteiger partial charge on any atom is -0.493 e. The first-order valence-corrected chi connectivity index (χ1v) is 7.86. The highest BCUT2D eigenvalue weighted by Gasteiger charge is 2.38. The molecule has 2 aliphatic heterocycles. The van der Waals surface area contributed by atoms with E-state index in [1.54, 1.807) is 7.11 Å². The van der Waals surface area contributed by atoms with E-state index in [1.807, 2.05) is 29.2 Å². The van der Waals surface area contributed by atoms with Gasteiger partial charge in [-0.05, 0) is 31.9 Å². The summed E-state index contributed by atoms with van der Waals surface area (Å²) in [6.45, 7) is 3.69. The Labute approximate surface area is 131 Å². The van der Waals surface area contributed by atoms with Crippen molar-refractivity contribution in [2.75, 3.05) is 26.8 Å². The first kappa shape index (κ1) is 15.2. The van der Waals surface area contributed by atoms with Gasteiger partial charge in [-0.25, -0.2) is 0 Å². The van der Waals surface area contributed by atoms with Gasteiger partial charge in [0.2, 0.25) is 0 Å². The molecule has 1 aromatic rings. The smallest absolute Gasteiger partial charge is 0.260 e. The molecule has 3 rings (SSSR count). The van der Waals surface area contributed by atoms with Crippen molar-refractivity contribution in [3.63, 3.8) is 0 Å². The van der Waals surface area contributed by atoms with Crippen LogP contribution in [0.15, 0.2) is 24.3 Å². The molecule has 2 saturated heterocycles. The van der Waals surface area contributed by atoms with Crippen LogP contribution in [-0.2, 0) is 9.53 Å². The molecule has 1 amide bonds. The lowest BCUT2D eigenvalue weighted by Crippen LogP contribution is -2.46. The fraction of sp³-hybridized carbons (Fsp3) is 0.588. The Hall–Kier alpha value is -1.75. The van der Waals surface area contributed by atoms with Gasteiger partial charge >= 0.3 is 0 Å². The number of benzene rings is 1. The number of para-hydroxylation sites is 2. The van der Waals surface area contributed by atoms with E-state index in [2.05, 4.69) is 6.92 Å². The molecule has 0 spiro atoms. The van der Waals surface area contributed by atoms with Gasteiger partial charge in [0.1, 0.15) is 0 Å². The summed E-state index contributed by atoms with van der Waals surface area (Å²) in [4.78, 5) is 14.3. The van der Waals surface area contributed by atoms with E-state index >= 15 is 0 Å². The third-order valence-corrected chi connectivity index (χ3v) is 4.48. The van der Waals surface area contributed by atoms with Gasteiger partial charge in [0.15, 0.2) is 18.1 Å². The number of rotatable bonds is 4. The zero-order valence-corrected chi connectivity index (χ0v) is 13.2. The second-order valence-electron chi connectivity index (χ2n) is 6.05. The maximum atomic E-state index is 12.4. The van der Waals surface area contributed by atoms with Crippen LogP contribution in [0.25, 0.3) is 0 Å². The molecule has 0 aliphatic carbocycles. The highest BCUT2D eigenvalue weighted by atomic mass is 16.5. The van der Waals surface area contributed by atoms with Gasteiger partial charge in [0.25, 0.3) is 5.91 Å². The zero-order chi connectivity index (χ0) is 15.5. The predicted octanol–water partition coefficient (Wildman–Crippen LogP) is 2.10. The third kappa shape index (κ3) is 3.19. The molecule has 0 aromatic heterocycles. The average molecular weight is 305 g/mol. The molecule has 2 heterocycles. The van der Waals surface area contributed by atoms with E-state index < -0.39 is 0 Å². The number of methoxy groups -OCH3 is 1. The molecule has 2 aliphatic rings. The number of likely N-dealkylation sites (tertiary alicyclic amines) is 1. The lowest BCUT2D eigenvalue weighted by Gasteiger charge is -2.34. The van der Waals surface area contributed by atoms with Crippen LogP contribution in [-0.4, -0.2) is 49.8 Å². The first-order valence-electron chi connectivity index (χ1n) is 7.86. The summed E-state index contributed by atoms with van der Waals surface area (Å²) >= 11 is 0. The molecule has 0 unspecified atom stereocenters. The van der Waals surface area contributed by atoms with Crippen LogP contribution in [0.3, 0.4) is 0 Å². The standard InChI is InChI=1S/C17H23NO4/c1-12-9-13-10-18(8-7-14(13)22-12)17(19)11-21-16-6-4-3-5-15(16)20-2/h3-6,12-14H,7-11H2,1-2H3/t12-,13-,14+/m0/s1. The van der Waals surface area contributed by atoms with E-state index in [-0.39, 0.29) is 12.5 Å². The number of piperidine rings is 1. The van der Waals surface area contributed by atoms with Crippen LogP contribution < -0.4 is 9.47 Å². The molecule has 22 heavy (non-hydrogen) atoms. The average Bonchev–Trinajstić information content (AvgIpc) is 2.91. The molecule has 3 atom stereocenters. The Morgan fingerprint density at radius 3 is 2.91 bits per heavy atom. The van der Waals surface area contributed by atoms with Gasteiger partial charge in [-0.1, -0.05) is 12.1 Å². The summed E-state index contributed by atoms with van der Waals surface area (Å²) in [5.74, 6) is 1.75. The van der Waals surface area contributed by atoms with Gasteiger partial charge in [-0.15, -0.1) is 0 Å². The Bertz CT molecular complexity index is 533. The van der Waals surface area contributed by atoms with E-state index in [0.717, 1.165) is 25.9 Å². The molecule has 0 radical (unpaired) electrons. The van der Waals surface area contributed by atoms with E-state index in [1.165, 1.54) is 0 Å². The summed E-state index contributed by atoms with van der Waals surface area (Å²) in [5.41, 5.74) is 0. The van der Waals surface area contributed by atoms with Crippen LogP contribution in [0.4, 0.5) is 0 Å². The minimum absolute atomic E-state index is 0.0314. The molecule has 0 N–H and O–H groups in total. The quantitative estimate of drug-likeness (QED) is 0.855. The fourth-order valence-electron chi connectivity index (χ4n) is 3.39. The highest BCUT2D eigenvalue weighted by molar-refractivity contribution is 5.78. The van der Waals surface area contributed by atoms with E-state index in [9.17, 15) is 4.79 Å². The number of ether oxygens (including phenoxy) is 3. The molecular formula is C17H23NO4. The monoisotopic (exact) mass is 305 g/mol. The summed E-state index contributed by atoms with van der Waals surface area (Å²) in [5, 5.41) is 0. The number of carbonyl (C=O) groups excluding carboxylic acids is 1. The summed E-state index contributed by atoms with van der Waals surface area (Å²) in [6, 6.07) is 7.37. The second-order valence-corrected chi connectivity index (χ2v) is 6.05. The number of amides is 1. The van der Waals surface area contributed by atoms with Crippen LogP contribution in [0.2, 0.25) is 0 Å². The van der Waals surface area contributed by atoms with Gasteiger partial charge in [0.05, 0.1) is 19.3 Å². The predicted molar refractivity (Wildman–Crippen MR) is 82.1 cm³/mol. The molecule has 1 aromatic carbocycles. The Balaban J connectivity index is 1.54. The van der Waals surface area contributed by atoms with E-state index in [0.29, 0.717) is 29.6 Å². The summed E-state index contributed by atoms with van der Waals surface area (Å²) in [6.07, 6.45) is 2.61. The van der Waals surface area contributed by atoms with Gasteiger partial charge < -0.3 is 19.1 Å². The minimum atomic E-state index is 0.0314. The van der Waals surface area contributed by atoms with Crippen molar-refractivity contribution in [3.8, 4) is 11.5 Å². The SMILES string of the molecule is COc1ccccc1OCC(=O)N1CC[C@H]2O[C@@H](C)C[C@H]2C1. The van der Waals surface area contributed by atoms with Crippen LogP contribution in [0.5, 0.6) is 11.5 Å². The molecular weight excluding hydrogens is 282 g/mol. The lowest BCUT2D eigenvalue weighted by atomic mass is 9.93. The Morgan fingerprint density at radius 1 is 1.36 bits per heavy atom. The Morgan fingerprint density at radius 2 is 2.14 bits per heavy atom. The van der Waals surface area contributed by atoms with Crippen LogP contribution in [0.1, 0.15) is 19.8 Å². The van der Waals surface area contributed by atoms with Crippen molar-refractivity contribution in [3.05, 3.63) is 24.3 Å². The van der Waals surface area contributed by atoms with Crippen molar-refractivity contribution in [1.82, 2.24) is 4.90 Å². The second kappa shape index (κ2) is 6.57. The van der Waals surface area contributed by atoms with Crippen molar-refractivity contribution < 1.29 is 19.0 Å². The molecule has 0 saturated carbocycles. The number of hydrogen-bond donors (Lipinski definition) is 0. The normalized spacial score (nSPS) is 27.4. The maximum Gasteiger partial charge on any atom is 0.260 e. The van der Waals surface area contributed by atoms with Crippen molar-refractivity contribution in [2.45, 2.75) is 32.0 Å². The molecule has 5 nitrogen and oxygen atoms in total. The highest BCUT2D eigenvalue weighted by Crippen LogP contribution is 2.32. The van der Waals surface area contributed by atoms with Crippen molar-refractivity contribution in [1.29, 1.82) is 0 Å². The van der Waals surface area contributed by atoms with E-state index in [4.69, 9.17) is 14.2 Å². The number of nitrogens with zero attached hydrogens (tertiary/aromatic N) is 1. The largest absolute Gasteiger partial charge is 0.493 e. The fourth-order valence-corrected chi connectivity index (χ4v) is 3.39. The molecule has 120 valence electrons. The van der Waals surface area contributed by atoms with Crippen LogP contribution >= 0.6 is 0 Å². The zero-order valence-electron chi connectivity index (χ0n) is 13.2. The third-order valence-electron chi connectivity index (χ3n) is 4.48. The van der Waals surface area contributed by atoms with Gasteiger partial charge in [-0.3, -0.25) is 4.79 Å². The maximum absolute atomic E-state index is 12.4. The first-order chi connectivity index (χ1) is 10.7. The number of fused-ring (bicyclic) bond motifs is 1. The van der Waals surface area contributed by atoms with Gasteiger partial charge in [0, 0.05) is 19.0 Å². The van der Waals surface area contributed by atoms with Gasteiger partial charge in [-0.2, -0.15) is 0 Å². The summed E-state index contributed by atoms with van der Waals surface area (Å²) < 4.78 is 16.7. The lowest BCUT2D eigenvalue weighted by molar-refractivity contribution is -0.136.